The van der Waals surface area contributed by atoms with E-state index in [9.17, 15) is 18.0 Å². The number of anilines is 1. The van der Waals surface area contributed by atoms with Gasteiger partial charge in [-0.15, -0.1) is 0 Å². The number of amides is 2. The van der Waals surface area contributed by atoms with Gasteiger partial charge in [-0.3, -0.25) is 13.9 Å². The van der Waals surface area contributed by atoms with Crippen molar-refractivity contribution in [3.05, 3.63) is 83.4 Å². The number of benzene rings is 3. The number of halogens is 1. The molecule has 236 valence electrons. The summed E-state index contributed by atoms with van der Waals surface area (Å²) in [7, 11) is -1.29. The highest BCUT2D eigenvalue weighted by atomic mass is 35.5. The molecule has 0 aromatic heterocycles. The third-order valence-corrected chi connectivity index (χ3v) is 9.85. The minimum Gasteiger partial charge on any atom is -0.497 e. The second-order valence-corrected chi connectivity index (χ2v) is 13.1. The van der Waals surface area contributed by atoms with Crippen LogP contribution in [0.25, 0.3) is 0 Å². The van der Waals surface area contributed by atoms with Crippen molar-refractivity contribution >= 4 is 39.1 Å². The average Bonchev–Trinajstić information content (AvgIpc) is 3.04. The number of sulfonamides is 1. The van der Waals surface area contributed by atoms with Crippen LogP contribution in [0, 0.1) is 0 Å². The first kappa shape index (κ1) is 33.1. The Hall–Kier alpha value is -3.76. The average molecular weight is 642 g/mol. The summed E-state index contributed by atoms with van der Waals surface area (Å²) in [5.74, 6) is 0.0168. The highest BCUT2D eigenvalue weighted by Crippen LogP contribution is 2.35. The lowest BCUT2D eigenvalue weighted by molar-refractivity contribution is -0.140. The standard InChI is InChI=1S/C33H40ClN3O6S/c1-4-29(33(39)35-26-13-7-5-8-14-26)36(22-24-12-11-15-27(20-24)42-2)32(38)23-37(30-21-25(34)18-19-31(30)43-3)44(40,41)28-16-9-6-10-17-28/h6,9-12,15-21,26,29H,4-5,7-8,13-14,22-23H2,1-3H3,(H,35,39). The van der Waals surface area contributed by atoms with E-state index in [0.717, 1.165) is 42.0 Å². The van der Waals surface area contributed by atoms with Crippen molar-refractivity contribution in [3.8, 4) is 11.5 Å². The van der Waals surface area contributed by atoms with Crippen LogP contribution in [-0.2, 0) is 26.2 Å². The molecule has 1 atom stereocenters. The maximum atomic E-state index is 14.4. The molecule has 0 spiro atoms. The molecule has 4 rings (SSSR count). The van der Waals surface area contributed by atoms with Crippen LogP contribution in [-0.4, -0.2) is 58.0 Å². The fraction of sp³-hybridized carbons (Fsp3) is 0.394. The fourth-order valence-corrected chi connectivity index (χ4v) is 7.13. The summed E-state index contributed by atoms with van der Waals surface area (Å²) in [6, 6.07) is 18.9. The Morgan fingerprint density at radius 1 is 0.955 bits per heavy atom. The van der Waals surface area contributed by atoms with E-state index in [1.54, 1.807) is 49.6 Å². The Kier molecular flexibility index (Phi) is 11.5. The molecule has 0 saturated heterocycles. The van der Waals surface area contributed by atoms with E-state index in [4.69, 9.17) is 21.1 Å². The Morgan fingerprint density at radius 3 is 2.34 bits per heavy atom. The molecule has 1 aliphatic rings. The van der Waals surface area contributed by atoms with Crippen LogP contribution in [0.3, 0.4) is 0 Å². The molecule has 1 saturated carbocycles. The van der Waals surface area contributed by atoms with Crippen LogP contribution in [0.1, 0.15) is 51.0 Å². The predicted molar refractivity (Wildman–Crippen MR) is 172 cm³/mol. The molecule has 1 fully saturated rings. The number of hydrogen-bond donors (Lipinski definition) is 1. The van der Waals surface area contributed by atoms with E-state index in [-0.39, 0.29) is 39.8 Å². The maximum Gasteiger partial charge on any atom is 0.264 e. The van der Waals surface area contributed by atoms with Gasteiger partial charge in [0.1, 0.15) is 24.1 Å². The third-order valence-electron chi connectivity index (χ3n) is 7.84. The normalized spacial score (nSPS) is 14.4. The van der Waals surface area contributed by atoms with Crippen molar-refractivity contribution in [2.24, 2.45) is 0 Å². The molecule has 9 nitrogen and oxygen atoms in total. The van der Waals surface area contributed by atoms with Gasteiger partial charge in [0.2, 0.25) is 11.8 Å². The topological polar surface area (TPSA) is 105 Å². The SMILES string of the molecule is CCC(C(=O)NC1CCCCC1)N(Cc1cccc(OC)c1)C(=O)CN(c1cc(Cl)ccc1OC)S(=O)(=O)c1ccccc1. The van der Waals surface area contributed by atoms with Gasteiger partial charge in [-0.05, 0) is 67.3 Å². The second-order valence-electron chi connectivity index (χ2n) is 10.8. The Morgan fingerprint density at radius 2 is 1.68 bits per heavy atom. The minimum absolute atomic E-state index is 0.00347. The summed E-state index contributed by atoms with van der Waals surface area (Å²) in [6.07, 6.45) is 5.35. The van der Waals surface area contributed by atoms with Crippen LogP contribution in [0.2, 0.25) is 5.02 Å². The number of ether oxygens (including phenoxy) is 2. The Balaban J connectivity index is 1.76. The summed E-state index contributed by atoms with van der Waals surface area (Å²) in [5.41, 5.74) is 0.845. The smallest absolute Gasteiger partial charge is 0.264 e. The van der Waals surface area contributed by atoms with Crippen LogP contribution in [0.5, 0.6) is 11.5 Å². The molecule has 44 heavy (non-hydrogen) atoms. The van der Waals surface area contributed by atoms with Crippen molar-refractivity contribution < 1.29 is 27.5 Å². The zero-order chi connectivity index (χ0) is 31.7. The second kappa shape index (κ2) is 15.3. The fourth-order valence-electron chi connectivity index (χ4n) is 5.52. The van der Waals surface area contributed by atoms with Crippen molar-refractivity contribution in [2.45, 2.75) is 69.0 Å². The van der Waals surface area contributed by atoms with Gasteiger partial charge >= 0.3 is 0 Å². The Bertz CT molecular complexity index is 1530. The van der Waals surface area contributed by atoms with Gasteiger partial charge in [-0.25, -0.2) is 8.42 Å². The lowest BCUT2D eigenvalue weighted by atomic mass is 9.95. The van der Waals surface area contributed by atoms with Crippen molar-refractivity contribution in [2.75, 3.05) is 25.1 Å². The molecule has 0 aliphatic heterocycles. The molecule has 1 aliphatic carbocycles. The zero-order valence-electron chi connectivity index (χ0n) is 25.4. The van der Waals surface area contributed by atoms with E-state index < -0.39 is 28.5 Å². The number of nitrogens with one attached hydrogen (secondary N) is 1. The van der Waals surface area contributed by atoms with Gasteiger partial charge in [-0.2, -0.15) is 0 Å². The molecule has 11 heteroatoms. The third kappa shape index (κ3) is 8.04. The number of carbonyl (C=O) groups excluding carboxylic acids is 2. The molecule has 0 bridgehead atoms. The van der Waals surface area contributed by atoms with E-state index in [1.807, 2.05) is 19.1 Å². The highest BCUT2D eigenvalue weighted by molar-refractivity contribution is 7.92. The molecule has 1 unspecified atom stereocenters. The van der Waals surface area contributed by atoms with E-state index in [1.165, 1.54) is 30.2 Å². The molecule has 0 heterocycles. The molecule has 0 radical (unpaired) electrons. The van der Waals surface area contributed by atoms with E-state index in [0.29, 0.717) is 12.2 Å². The van der Waals surface area contributed by atoms with Gasteiger partial charge in [0.25, 0.3) is 10.0 Å². The van der Waals surface area contributed by atoms with Crippen LogP contribution >= 0.6 is 11.6 Å². The molecule has 3 aromatic carbocycles. The molecule has 1 N–H and O–H groups in total. The first-order chi connectivity index (χ1) is 21.2. The monoisotopic (exact) mass is 641 g/mol. The maximum absolute atomic E-state index is 14.4. The van der Waals surface area contributed by atoms with Gasteiger partial charge in [-0.1, -0.05) is 68.1 Å². The quantitative estimate of drug-likeness (QED) is 0.253. The minimum atomic E-state index is -4.26. The predicted octanol–water partition coefficient (Wildman–Crippen LogP) is 5.81. The number of rotatable bonds is 13. The lowest BCUT2D eigenvalue weighted by Crippen LogP contribution is -2.54. The summed E-state index contributed by atoms with van der Waals surface area (Å²) >= 11 is 6.32. The first-order valence-electron chi connectivity index (χ1n) is 14.8. The van der Waals surface area contributed by atoms with Gasteiger partial charge in [0, 0.05) is 17.6 Å². The van der Waals surface area contributed by atoms with Gasteiger partial charge in [0.05, 0.1) is 24.8 Å². The zero-order valence-corrected chi connectivity index (χ0v) is 26.9. The van der Waals surface area contributed by atoms with Gasteiger partial charge in [0.15, 0.2) is 0 Å². The first-order valence-corrected chi connectivity index (χ1v) is 16.6. The number of carbonyl (C=O) groups is 2. The molecular weight excluding hydrogens is 602 g/mol. The number of methoxy groups -OCH3 is 2. The summed E-state index contributed by atoms with van der Waals surface area (Å²) in [5, 5.41) is 3.42. The van der Waals surface area contributed by atoms with Crippen molar-refractivity contribution in [3.63, 3.8) is 0 Å². The van der Waals surface area contributed by atoms with Crippen molar-refractivity contribution in [1.29, 1.82) is 0 Å². The highest BCUT2D eigenvalue weighted by Gasteiger charge is 2.35. The van der Waals surface area contributed by atoms with E-state index >= 15 is 0 Å². The molecular formula is C33H40ClN3O6S. The number of nitrogens with zero attached hydrogens (tertiary/aromatic N) is 2. The van der Waals surface area contributed by atoms with Crippen molar-refractivity contribution in [1.82, 2.24) is 10.2 Å². The van der Waals surface area contributed by atoms with Crippen LogP contribution in [0.15, 0.2) is 77.7 Å². The number of hydrogen-bond acceptors (Lipinski definition) is 6. The van der Waals surface area contributed by atoms with Gasteiger partial charge < -0.3 is 19.7 Å². The summed E-state index contributed by atoms with van der Waals surface area (Å²) in [4.78, 5) is 29.6. The van der Waals surface area contributed by atoms with Crippen LogP contribution in [0.4, 0.5) is 5.69 Å². The summed E-state index contributed by atoms with van der Waals surface area (Å²) < 4.78 is 40.1. The van der Waals surface area contributed by atoms with E-state index in [2.05, 4.69) is 5.32 Å². The summed E-state index contributed by atoms with van der Waals surface area (Å²) in [6.45, 7) is 1.32. The lowest BCUT2D eigenvalue weighted by Gasteiger charge is -2.34. The molecule has 3 aromatic rings. The largest absolute Gasteiger partial charge is 0.497 e. The molecule has 2 amide bonds. The van der Waals surface area contributed by atoms with Crippen LogP contribution < -0.4 is 19.1 Å². The Labute approximate surface area is 265 Å².